The first-order valence-electron chi connectivity index (χ1n) is 27.0. The van der Waals surface area contributed by atoms with Gasteiger partial charge in [-0.15, -0.1) is 0 Å². The number of carbonyl (C=O) groups excluding carboxylic acids is 6. The number of aliphatic hydroxyl groups is 2. The number of ketones is 4. The van der Waals surface area contributed by atoms with Crippen LogP contribution in [0.1, 0.15) is 167 Å². The number of ether oxygens (including phenoxy) is 4. The molecule has 7 unspecified atom stereocenters. The van der Waals surface area contributed by atoms with Crippen LogP contribution in [-0.4, -0.2) is 127 Å². The second kappa shape index (κ2) is 34.0. The van der Waals surface area contributed by atoms with Crippen molar-refractivity contribution < 1.29 is 57.9 Å². The molecule has 2 saturated carbocycles. The first-order valence-corrected chi connectivity index (χ1v) is 27.0. The lowest BCUT2D eigenvalue weighted by Crippen LogP contribution is -2.58. The number of esters is 1. The van der Waals surface area contributed by atoms with Crippen LogP contribution in [0.15, 0.2) is 47.6 Å². The summed E-state index contributed by atoms with van der Waals surface area (Å²) >= 11 is 0. The smallest absolute Gasteiger partial charge is 0.320 e. The van der Waals surface area contributed by atoms with Gasteiger partial charge in [-0.2, -0.15) is 0 Å². The molecule has 14 atom stereocenters. The quantitative estimate of drug-likeness (QED) is 0.0338. The number of piperidine rings is 1. The molecule has 0 aromatic rings. The van der Waals surface area contributed by atoms with Gasteiger partial charge in [-0.05, 0) is 133 Å². The highest BCUT2D eigenvalue weighted by atomic mass is 16.6. The maximum absolute atomic E-state index is 13.5. The number of hydrogen-bond donors (Lipinski definition) is 3. The van der Waals surface area contributed by atoms with E-state index in [1.807, 2.05) is 65.8 Å². The lowest BCUT2D eigenvalue weighted by atomic mass is 9.73. The molecule has 0 aromatic carbocycles. The molecular weight excluding hydrogens is 917 g/mol. The van der Waals surface area contributed by atoms with Gasteiger partial charge in [-0.25, -0.2) is 0 Å². The molecular formula is C58H98N2O12. The molecule has 14 heteroatoms. The molecule has 3 fully saturated rings. The number of nitrogens with two attached hydrogens (primary N) is 1. The molecule has 0 bridgehead atoms. The highest BCUT2D eigenvalue weighted by Crippen LogP contribution is 2.37. The first-order chi connectivity index (χ1) is 34.0. The van der Waals surface area contributed by atoms with E-state index >= 15 is 0 Å². The second-order valence-corrected chi connectivity index (χ2v) is 20.9. The van der Waals surface area contributed by atoms with Crippen LogP contribution in [0.25, 0.3) is 0 Å². The molecule has 1 amide bonds. The zero-order valence-electron chi connectivity index (χ0n) is 47.1. The Morgan fingerprint density at radius 1 is 0.806 bits per heavy atom. The molecule has 14 nitrogen and oxygen atoms in total. The number of nitrogens with zero attached hydrogens (tertiary/aromatic N) is 1. The van der Waals surface area contributed by atoms with Gasteiger partial charge < -0.3 is 39.8 Å². The molecule has 3 rings (SSSR count). The Labute approximate surface area is 434 Å². The van der Waals surface area contributed by atoms with Gasteiger partial charge in [0.2, 0.25) is 0 Å². The van der Waals surface area contributed by atoms with E-state index < -0.39 is 41.5 Å². The molecule has 1 aliphatic heterocycles. The molecule has 0 aromatic heterocycles. The van der Waals surface area contributed by atoms with E-state index in [0.29, 0.717) is 43.7 Å². The van der Waals surface area contributed by atoms with Gasteiger partial charge in [0.05, 0.1) is 24.8 Å². The number of Topliss-reactive ketones (excluding diaryl/α,β-unsaturated/α-hetero) is 4. The second-order valence-electron chi connectivity index (χ2n) is 20.9. The molecule has 1 saturated heterocycles. The third-order valence-electron chi connectivity index (χ3n) is 15.4. The third-order valence-corrected chi connectivity index (χ3v) is 15.4. The average Bonchev–Trinajstić information content (AvgIpc) is 3.37. The predicted molar refractivity (Wildman–Crippen MR) is 285 cm³/mol. The van der Waals surface area contributed by atoms with Crippen LogP contribution >= 0.6 is 0 Å². The van der Waals surface area contributed by atoms with E-state index in [4.69, 9.17) is 24.7 Å². The molecule has 1 heterocycles. The summed E-state index contributed by atoms with van der Waals surface area (Å²) in [5, 5.41) is 21.7. The SMILES string of the molecule is CC.CO[C@@H](C)/C(C)=C/C=C/C=C/[C@@H](C)CC(C)C(=O)[C@H](OC)C(O)/C(C)=C/[C@@H](C)C(C)=O.CO[C@@H]1CC(C[C@@H](C)[C@H](C)CC(=O)C2CCCCN2C(=O)C(=O)C2(O)CCCCC2C)CCC1OC(=O)CN. The van der Waals surface area contributed by atoms with Crippen LogP contribution in [0.3, 0.4) is 0 Å². The standard InChI is InChI=1S/C30H50N2O7.C26H42O5.C2H6/c1-19(15-22-11-12-25(26(17-22)38-4)39-27(34)18-31)20(2)16-24(33)23-10-6-8-14-32(23)29(36)28(35)30(37)13-7-5-9-21(30)3;1-17(13-11-10-12-14-18(2)23(7)30-8)15-20(4)24(28)26(31-9)25(29)21(5)16-19(3)22(6)27;1-2/h19-23,25-26,37H,5-18,31H2,1-4H3;10-14,16-17,19-20,23,25-26,29H,15H2,1-9H3;1-2H3/b;12-10+,13-11+,18-14+,21-16+;/t19-,20-,21?,22?,23?,25?,26-,30?;17-,19-,20?,23+,25?,26+;/m11./s1. The summed E-state index contributed by atoms with van der Waals surface area (Å²) in [5.41, 5.74) is 5.48. The fourth-order valence-corrected chi connectivity index (χ4v) is 10.0. The number of carbonyl (C=O) groups is 6. The molecule has 4 N–H and O–H groups in total. The summed E-state index contributed by atoms with van der Waals surface area (Å²) in [6, 6.07) is -0.599. The van der Waals surface area contributed by atoms with E-state index in [9.17, 15) is 39.0 Å². The van der Waals surface area contributed by atoms with Crippen molar-refractivity contribution in [1.29, 1.82) is 0 Å². The topological polar surface area (TPSA) is 209 Å². The fourth-order valence-electron chi connectivity index (χ4n) is 10.0. The maximum Gasteiger partial charge on any atom is 0.320 e. The molecule has 0 radical (unpaired) electrons. The zero-order chi connectivity index (χ0) is 54.9. The lowest BCUT2D eigenvalue weighted by Gasteiger charge is -2.40. The van der Waals surface area contributed by atoms with E-state index in [-0.39, 0.29) is 77.7 Å². The highest BCUT2D eigenvalue weighted by Gasteiger charge is 2.49. The van der Waals surface area contributed by atoms with Crippen molar-refractivity contribution in [3.8, 4) is 0 Å². The van der Waals surface area contributed by atoms with Gasteiger partial charge in [0.15, 0.2) is 11.6 Å². The predicted octanol–water partition coefficient (Wildman–Crippen LogP) is 9.07. The Bertz CT molecular complexity index is 1820. The largest absolute Gasteiger partial charge is 0.459 e. The monoisotopic (exact) mass is 1010 g/mol. The van der Waals surface area contributed by atoms with Crippen molar-refractivity contribution in [3.05, 3.63) is 47.6 Å². The van der Waals surface area contributed by atoms with Crippen LogP contribution < -0.4 is 5.73 Å². The van der Waals surface area contributed by atoms with Crippen LogP contribution in [0.2, 0.25) is 0 Å². The van der Waals surface area contributed by atoms with E-state index in [1.54, 1.807) is 34.1 Å². The molecule has 412 valence electrons. The number of methoxy groups -OCH3 is 3. The number of aliphatic hydroxyl groups excluding tert-OH is 1. The average molecular weight is 1020 g/mol. The number of amides is 1. The van der Waals surface area contributed by atoms with Gasteiger partial charge >= 0.3 is 5.97 Å². The van der Waals surface area contributed by atoms with E-state index in [0.717, 1.165) is 63.4 Å². The minimum Gasteiger partial charge on any atom is -0.459 e. The minimum atomic E-state index is -1.62. The van der Waals surface area contributed by atoms with Crippen molar-refractivity contribution in [2.45, 2.75) is 209 Å². The molecule has 2 aliphatic carbocycles. The number of likely N-dealkylation sites (tertiary alicyclic amines) is 1. The van der Waals surface area contributed by atoms with Crippen molar-refractivity contribution in [3.63, 3.8) is 0 Å². The number of allylic oxidation sites excluding steroid dienone is 6. The summed E-state index contributed by atoms with van der Waals surface area (Å²) in [4.78, 5) is 77.5. The van der Waals surface area contributed by atoms with Gasteiger partial charge in [0.1, 0.15) is 29.7 Å². The Kier molecular flexibility index (Phi) is 31.3. The summed E-state index contributed by atoms with van der Waals surface area (Å²) in [7, 11) is 4.75. The maximum atomic E-state index is 13.5. The highest BCUT2D eigenvalue weighted by molar-refractivity contribution is 6.39. The third kappa shape index (κ3) is 20.9. The normalized spacial score (nSPS) is 26.4. The number of rotatable bonds is 25. The first kappa shape index (κ1) is 66.4. The lowest BCUT2D eigenvalue weighted by molar-refractivity contribution is -0.163. The van der Waals surface area contributed by atoms with Gasteiger partial charge in [0, 0.05) is 46.1 Å². The van der Waals surface area contributed by atoms with Gasteiger partial charge in [-0.1, -0.05) is 105 Å². The van der Waals surface area contributed by atoms with Gasteiger partial charge in [0.25, 0.3) is 11.7 Å². The zero-order valence-corrected chi connectivity index (χ0v) is 47.1. The van der Waals surface area contributed by atoms with Crippen molar-refractivity contribution in [2.75, 3.05) is 34.4 Å². The number of hydrogen-bond acceptors (Lipinski definition) is 13. The van der Waals surface area contributed by atoms with Crippen LogP contribution in [0.4, 0.5) is 0 Å². The molecule has 72 heavy (non-hydrogen) atoms. The van der Waals surface area contributed by atoms with Crippen molar-refractivity contribution in [2.24, 2.45) is 47.2 Å². The van der Waals surface area contributed by atoms with Crippen molar-refractivity contribution in [1.82, 2.24) is 4.90 Å². The van der Waals surface area contributed by atoms with Crippen LogP contribution in [-0.2, 0) is 47.7 Å². The molecule has 0 spiro atoms. The molecule has 3 aliphatic rings. The fraction of sp³-hybridized carbons (Fsp3) is 0.759. The Balaban J connectivity index is 0.000000716. The van der Waals surface area contributed by atoms with Crippen LogP contribution in [0.5, 0.6) is 0 Å². The Hall–Kier alpha value is -3.66. The minimum absolute atomic E-state index is 0.00561. The Morgan fingerprint density at radius 3 is 2.04 bits per heavy atom. The summed E-state index contributed by atoms with van der Waals surface area (Å²) in [5.74, 6) is -1.83. The summed E-state index contributed by atoms with van der Waals surface area (Å²) in [6.07, 6.45) is 18.5. The van der Waals surface area contributed by atoms with E-state index in [2.05, 4.69) is 26.8 Å². The van der Waals surface area contributed by atoms with Crippen molar-refractivity contribution >= 4 is 35.0 Å². The van der Waals surface area contributed by atoms with E-state index in [1.165, 1.54) is 18.9 Å². The summed E-state index contributed by atoms with van der Waals surface area (Å²) < 4.78 is 21.7. The van der Waals surface area contributed by atoms with Crippen LogP contribution in [0, 0.1) is 41.4 Å². The van der Waals surface area contributed by atoms with Gasteiger partial charge in [-0.3, -0.25) is 28.8 Å². The summed E-state index contributed by atoms with van der Waals surface area (Å²) in [6.45, 7) is 23.2. The Morgan fingerprint density at radius 2 is 1.46 bits per heavy atom.